The van der Waals surface area contributed by atoms with Gasteiger partial charge in [0.2, 0.25) is 0 Å². The average molecular weight is 212 g/mol. The lowest BCUT2D eigenvalue weighted by Gasteiger charge is -2.28. The lowest BCUT2D eigenvalue weighted by molar-refractivity contribution is 0.204. The third kappa shape index (κ3) is 1.72. The number of nitrogens with two attached hydrogens (primary N) is 1. The van der Waals surface area contributed by atoms with Crippen molar-refractivity contribution in [3.8, 4) is 5.75 Å². The van der Waals surface area contributed by atoms with Crippen molar-refractivity contribution in [1.82, 2.24) is 0 Å². The van der Waals surface area contributed by atoms with Crippen LogP contribution in [-0.4, -0.2) is 12.6 Å². The molecule has 1 aromatic rings. The Morgan fingerprint density at radius 2 is 2.36 bits per heavy atom. The predicted molar refractivity (Wildman–Crippen MR) is 57.8 cm³/mol. The maximum Gasteiger partial charge on any atom is 0.141 e. The molecule has 1 aromatic carbocycles. The third-order valence-corrected chi connectivity index (χ3v) is 3.01. The summed E-state index contributed by atoms with van der Waals surface area (Å²) in [6, 6.07) is 6.03. The number of benzene rings is 1. The number of hydrogen-bond acceptors (Lipinski definition) is 2. The van der Waals surface area contributed by atoms with Gasteiger partial charge in [-0.1, -0.05) is 23.7 Å². The van der Waals surface area contributed by atoms with Crippen LogP contribution in [0.25, 0.3) is 0 Å². The number of rotatable bonds is 1. The van der Waals surface area contributed by atoms with Crippen LogP contribution in [0.1, 0.15) is 12.5 Å². The highest BCUT2D eigenvalue weighted by Gasteiger charge is 2.23. The number of ether oxygens (including phenoxy) is 1. The first kappa shape index (κ1) is 9.81. The van der Waals surface area contributed by atoms with Crippen LogP contribution < -0.4 is 10.5 Å². The minimum Gasteiger partial charge on any atom is -0.491 e. The second-order valence-electron chi connectivity index (χ2n) is 3.86. The summed E-state index contributed by atoms with van der Waals surface area (Å²) in [7, 11) is 0. The van der Waals surface area contributed by atoms with E-state index in [-0.39, 0.29) is 6.04 Å². The van der Waals surface area contributed by atoms with E-state index in [1.165, 1.54) is 5.56 Å². The van der Waals surface area contributed by atoms with Crippen LogP contribution in [0.4, 0.5) is 0 Å². The molecule has 0 bridgehead atoms. The highest BCUT2D eigenvalue weighted by atomic mass is 35.5. The Bertz CT molecular complexity index is 338. The summed E-state index contributed by atoms with van der Waals surface area (Å²) in [5.74, 6) is 1.24. The van der Waals surface area contributed by atoms with E-state index < -0.39 is 0 Å². The summed E-state index contributed by atoms with van der Waals surface area (Å²) in [6.45, 7) is 2.69. The molecule has 1 aliphatic heterocycles. The zero-order valence-corrected chi connectivity index (χ0v) is 8.92. The van der Waals surface area contributed by atoms with Gasteiger partial charge < -0.3 is 10.5 Å². The quantitative estimate of drug-likeness (QED) is 0.773. The van der Waals surface area contributed by atoms with Crippen molar-refractivity contribution in [1.29, 1.82) is 0 Å². The van der Waals surface area contributed by atoms with Crippen LogP contribution in [0, 0.1) is 5.92 Å². The van der Waals surface area contributed by atoms with Gasteiger partial charge in [0, 0.05) is 12.0 Å². The zero-order chi connectivity index (χ0) is 10.1. The van der Waals surface area contributed by atoms with E-state index in [4.69, 9.17) is 22.1 Å². The molecule has 0 radical (unpaired) electrons. The molecule has 14 heavy (non-hydrogen) atoms. The molecule has 76 valence electrons. The molecule has 3 heteroatoms. The fourth-order valence-electron chi connectivity index (χ4n) is 1.75. The molecule has 0 aliphatic carbocycles. The average Bonchev–Trinajstić information content (AvgIpc) is 2.17. The highest BCUT2D eigenvalue weighted by Crippen LogP contribution is 2.34. The first-order valence-electron chi connectivity index (χ1n) is 4.84. The molecule has 1 heterocycles. The van der Waals surface area contributed by atoms with Gasteiger partial charge in [0.15, 0.2) is 0 Å². The Kier molecular flexibility index (Phi) is 2.66. The lowest BCUT2D eigenvalue weighted by Crippen LogP contribution is -2.35. The molecular formula is C11H14ClNO. The topological polar surface area (TPSA) is 35.2 Å². The fourth-order valence-corrected chi connectivity index (χ4v) is 1.99. The number of hydrogen-bond donors (Lipinski definition) is 1. The number of halogens is 1. The van der Waals surface area contributed by atoms with E-state index in [2.05, 4.69) is 6.07 Å². The van der Waals surface area contributed by atoms with Crippen molar-refractivity contribution < 1.29 is 4.74 Å². The van der Waals surface area contributed by atoms with Crippen molar-refractivity contribution in [2.75, 3.05) is 6.61 Å². The second-order valence-corrected chi connectivity index (χ2v) is 4.27. The molecule has 1 aliphatic rings. The lowest BCUT2D eigenvalue weighted by atomic mass is 9.92. The summed E-state index contributed by atoms with van der Waals surface area (Å²) in [5, 5.41) is 0.700. The highest BCUT2D eigenvalue weighted by molar-refractivity contribution is 6.32. The van der Waals surface area contributed by atoms with Gasteiger partial charge in [-0.05, 0) is 25.0 Å². The van der Waals surface area contributed by atoms with Gasteiger partial charge in [-0.25, -0.2) is 0 Å². The summed E-state index contributed by atoms with van der Waals surface area (Å²) >= 11 is 6.01. The van der Waals surface area contributed by atoms with Crippen LogP contribution in [0.15, 0.2) is 18.2 Å². The molecule has 2 atom stereocenters. The van der Waals surface area contributed by atoms with Gasteiger partial charge in [0.1, 0.15) is 5.75 Å². The maximum atomic E-state index is 6.01. The molecule has 0 spiro atoms. The summed E-state index contributed by atoms with van der Waals surface area (Å²) in [4.78, 5) is 0. The van der Waals surface area contributed by atoms with Gasteiger partial charge in [0.05, 0.1) is 11.6 Å². The van der Waals surface area contributed by atoms with E-state index in [0.29, 0.717) is 17.5 Å². The second kappa shape index (κ2) is 3.79. The molecule has 0 saturated heterocycles. The standard InChI is InChI=1S/C11H14ClNO/c1-7(13)9-5-8-3-2-4-10(12)11(8)14-6-9/h2-4,7,9H,5-6,13H2,1H3. The molecule has 0 amide bonds. The Labute approximate surface area is 89.0 Å². The van der Waals surface area contributed by atoms with Crippen molar-refractivity contribution in [2.45, 2.75) is 19.4 Å². The van der Waals surface area contributed by atoms with Gasteiger partial charge >= 0.3 is 0 Å². The first-order valence-corrected chi connectivity index (χ1v) is 5.22. The van der Waals surface area contributed by atoms with E-state index in [0.717, 1.165) is 12.2 Å². The Morgan fingerprint density at radius 3 is 3.07 bits per heavy atom. The van der Waals surface area contributed by atoms with Crippen molar-refractivity contribution >= 4 is 11.6 Å². The summed E-state index contributed by atoms with van der Waals surface area (Å²) < 4.78 is 5.62. The molecule has 0 aromatic heterocycles. The predicted octanol–water partition coefficient (Wildman–Crippen LogP) is 2.24. The van der Waals surface area contributed by atoms with E-state index in [1.54, 1.807) is 0 Å². The van der Waals surface area contributed by atoms with Crippen LogP contribution in [0.3, 0.4) is 0 Å². The van der Waals surface area contributed by atoms with Gasteiger partial charge in [0.25, 0.3) is 0 Å². The monoisotopic (exact) mass is 211 g/mol. The SMILES string of the molecule is CC(N)C1COc2c(Cl)cccc2C1. The normalized spacial score (nSPS) is 22.4. The molecule has 2 nitrogen and oxygen atoms in total. The van der Waals surface area contributed by atoms with Crippen molar-refractivity contribution in [2.24, 2.45) is 11.7 Å². The van der Waals surface area contributed by atoms with Crippen molar-refractivity contribution in [3.63, 3.8) is 0 Å². The number of fused-ring (bicyclic) bond motifs is 1. The van der Waals surface area contributed by atoms with E-state index in [9.17, 15) is 0 Å². The zero-order valence-electron chi connectivity index (χ0n) is 8.16. The first-order chi connectivity index (χ1) is 6.68. The molecule has 0 fully saturated rings. The van der Waals surface area contributed by atoms with Gasteiger partial charge in [-0.3, -0.25) is 0 Å². The minimum absolute atomic E-state index is 0.169. The third-order valence-electron chi connectivity index (χ3n) is 2.72. The van der Waals surface area contributed by atoms with Crippen LogP contribution in [0.2, 0.25) is 5.02 Å². The molecule has 2 rings (SSSR count). The van der Waals surface area contributed by atoms with E-state index >= 15 is 0 Å². The number of para-hydroxylation sites is 1. The van der Waals surface area contributed by atoms with Crippen molar-refractivity contribution in [3.05, 3.63) is 28.8 Å². The Balaban J connectivity index is 2.27. The largest absolute Gasteiger partial charge is 0.491 e. The minimum atomic E-state index is 0.169. The Morgan fingerprint density at radius 1 is 1.57 bits per heavy atom. The smallest absolute Gasteiger partial charge is 0.141 e. The molecule has 2 unspecified atom stereocenters. The van der Waals surface area contributed by atoms with Crippen LogP contribution in [-0.2, 0) is 6.42 Å². The molecule has 0 saturated carbocycles. The van der Waals surface area contributed by atoms with E-state index in [1.807, 2.05) is 19.1 Å². The maximum absolute atomic E-state index is 6.01. The Hall–Kier alpha value is -0.730. The van der Waals surface area contributed by atoms with Gasteiger partial charge in [-0.15, -0.1) is 0 Å². The van der Waals surface area contributed by atoms with Crippen LogP contribution >= 0.6 is 11.6 Å². The van der Waals surface area contributed by atoms with Crippen LogP contribution in [0.5, 0.6) is 5.75 Å². The van der Waals surface area contributed by atoms with Gasteiger partial charge in [-0.2, -0.15) is 0 Å². The fraction of sp³-hybridized carbons (Fsp3) is 0.455. The molecule has 2 N–H and O–H groups in total. The summed E-state index contributed by atoms with van der Waals surface area (Å²) in [6.07, 6.45) is 0.966. The summed E-state index contributed by atoms with van der Waals surface area (Å²) in [5.41, 5.74) is 7.02. The molecular weight excluding hydrogens is 198 g/mol.